The lowest BCUT2D eigenvalue weighted by Gasteiger charge is -2.34. The fourth-order valence-corrected chi connectivity index (χ4v) is 2.70. The Labute approximate surface area is 142 Å². The fourth-order valence-electron chi connectivity index (χ4n) is 2.70. The Kier molecular flexibility index (Phi) is 5.25. The third-order valence-electron chi connectivity index (χ3n) is 4.14. The second-order valence-corrected chi connectivity index (χ2v) is 5.71. The van der Waals surface area contributed by atoms with E-state index in [9.17, 15) is 4.79 Å². The molecular weight excluding hydrogens is 304 g/mol. The summed E-state index contributed by atoms with van der Waals surface area (Å²) < 4.78 is 5.65. The van der Waals surface area contributed by atoms with E-state index in [1.54, 1.807) is 18.5 Å². The molecule has 0 spiro atoms. The summed E-state index contributed by atoms with van der Waals surface area (Å²) in [6, 6.07) is 9.68. The summed E-state index contributed by atoms with van der Waals surface area (Å²) in [7, 11) is 0. The van der Waals surface area contributed by atoms with Crippen LogP contribution in [0.5, 0.6) is 5.75 Å². The van der Waals surface area contributed by atoms with Crippen LogP contribution in [0.3, 0.4) is 0 Å². The molecule has 1 saturated heterocycles. The molecule has 1 aromatic heterocycles. The Balaban J connectivity index is 1.48. The number of amides is 1. The largest absolute Gasteiger partial charge is 0.484 e. The zero-order valence-electron chi connectivity index (χ0n) is 13.9. The van der Waals surface area contributed by atoms with Gasteiger partial charge in [0.1, 0.15) is 5.75 Å². The van der Waals surface area contributed by atoms with Crippen molar-refractivity contribution in [2.24, 2.45) is 0 Å². The van der Waals surface area contributed by atoms with Gasteiger partial charge in [-0.25, -0.2) is 9.97 Å². The highest BCUT2D eigenvalue weighted by molar-refractivity contribution is 5.78. The summed E-state index contributed by atoms with van der Waals surface area (Å²) in [5, 5.41) is 0. The van der Waals surface area contributed by atoms with Crippen LogP contribution in [0.4, 0.5) is 5.95 Å². The zero-order valence-corrected chi connectivity index (χ0v) is 13.9. The van der Waals surface area contributed by atoms with E-state index in [1.807, 2.05) is 23.1 Å². The van der Waals surface area contributed by atoms with Crippen molar-refractivity contribution in [2.75, 3.05) is 37.7 Å². The average Bonchev–Trinajstić information content (AvgIpc) is 2.67. The second kappa shape index (κ2) is 7.77. The molecule has 6 nitrogen and oxygen atoms in total. The highest BCUT2D eigenvalue weighted by atomic mass is 16.5. The summed E-state index contributed by atoms with van der Waals surface area (Å²) in [4.78, 5) is 24.8. The van der Waals surface area contributed by atoms with Crippen LogP contribution in [0.25, 0.3) is 0 Å². The van der Waals surface area contributed by atoms with E-state index in [0.717, 1.165) is 31.2 Å². The van der Waals surface area contributed by atoms with Crippen LogP contribution in [0.15, 0.2) is 42.7 Å². The first-order valence-electron chi connectivity index (χ1n) is 8.27. The number of hydrogen-bond acceptors (Lipinski definition) is 5. The number of benzene rings is 1. The maximum atomic E-state index is 12.3. The minimum absolute atomic E-state index is 0.0190. The summed E-state index contributed by atoms with van der Waals surface area (Å²) in [6.45, 7) is 4.97. The number of carbonyl (C=O) groups excluding carboxylic acids is 1. The minimum atomic E-state index is 0.0190. The van der Waals surface area contributed by atoms with Crippen LogP contribution in [0.2, 0.25) is 0 Å². The molecule has 0 unspecified atom stereocenters. The van der Waals surface area contributed by atoms with Gasteiger partial charge in [0.05, 0.1) is 0 Å². The van der Waals surface area contributed by atoms with E-state index in [2.05, 4.69) is 27.9 Å². The molecule has 3 rings (SSSR count). The molecule has 126 valence electrons. The molecule has 24 heavy (non-hydrogen) atoms. The lowest BCUT2D eigenvalue weighted by molar-refractivity contribution is -0.133. The maximum absolute atomic E-state index is 12.3. The second-order valence-electron chi connectivity index (χ2n) is 5.71. The molecule has 6 heteroatoms. The number of aryl methyl sites for hydroxylation is 1. The number of ether oxygens (including phenoxy) is 1. The predicted molar refractivity (Wildman–Crippen MR) is 92.1 cm³/mol. The number of hydrogen-bond donors (Lipinski definition) is 0. The van der Waals surface area contributed by atoms with Crippen molar-refractivity contribution in [1.82, 2.24) is 14.9 Å². The Morgan fingerprint density at radius 2 is 1.88 bits per heavy atom. The van der Waals surface area contributed by atoms with Gasteiger partial charge < -0.3 is 14.5 Å². The SMILES string of the molecule is CCc1cccc(OCC(=O)N2CCN(c3ncccn3)CC2)c1. The Morgan fingerprint density at radius 1 is 1.12 bits per heavy atom. The quantitative estimate of drug-likeness (QED) is 0.838. The minimum Gasteiger partial charge on any atom is -0.484 e. The molecule has 1 amide bonds. The van der Waals surface area contributed by atoms with Crippen molar-refractivity contribution in [3.63, 3.8) is 0 Å². The molecule has 1 aliphatic heterocycles. The molecule has 0 N–H and O–H groups in total. The Hall–Kier alpha value is -2.63. The molecule has 2 heterocycles. The molecule has 0 atom stereocenters. The van der Waals surface area contributed by atoms with Gasteiger partial charge in [-0.3, -0.25) is 4.79 Å². The van der Waals surface area contributed by atoms with Gasteiger partial charge in [0.25, 0.3) is 5.91 Å². The van der Waals surface area contributed by atoms with Gasteiger partial charge >= 0.3 is 0 Å². The lowest BCUT2D eigenvalue weighted by Crippen LogP contribution is -2.50. The van der Waals surface area contributed by atoms with Crippen molar-refractivity contribution < 1.29 is 9.53 Å². The normalized spacial score (nSPS) is 14.5. The van der Waals surface area contributed by atoms with E-state index >= 15 is 0 Å². The third kappa shape index (κ3) is 4.01. The van der Waals surface area contributed by atoms with Crippen LogP contribution >= 0.6 is 0 Å². The first kappa shape index (κ1) is 16.2. The van der Waals surface area contributed by atoms with Crippen LogP contribution in [-0.4, -0.2) is 53.6 Å². The molecule has 1 aliphatic rings. The first-order valence-corrected chi connectivity index (χ1v) is 8.27. The van der Waals surface area contributed by atoms with Crippen LogP contribution in [-0.2, 0) is 11.2 Å². The monoisotopic (exact) mass is 326 g/mol. The standard InChI is InChI=1S/C18H22N4O2/c1-2-15-5-3-6-16(13-15)24-14-17(23)21-9-11-22(12-10-21)18-19-7-4-8-20-18/h3-8,13H,2,9-12,14H2,1H3. The number of rotatable bonds is 5. The number of piperazine rings is 1. The smallest absolute Gasteiger partial charge is 0.260 e. The van der Waals surface area contributed by atoms with Crippen molar-refractivity contribution in [3.05, 3.63) is 48.3 Å². The third-order valence-corrected chi connectivity index (χ3v) is 4.14. The topological polar surface area (TPSA) is 58.6 Å². The summed E-state index contributed by atoms with van der Waals surface area (Å²) >= 11 is 0. The van der Waals surface area contributed by atoms with Gasteiger partial charge in [-0.15, -0.1) is 0 Å². The van der Waals surface area contributed by atoms with E-state index in [1.165, 1.54) is 5.56 Å². The first-order chi connectivity index (χ1) is 11.8. The van der Waals surface area contributed by atoms with Crippen LogP contribution < -0.4 is 9.64 Å². The molecule has 0 bridgehead atoms. The molecular formula is C18H22N4O2. The molecule has 1 fully saturated rings. The van der Waals surface area contributed by atoms with Gasteiger partial charge in [0.15, 0.2) is 6.61 Å². The van der Waals surface area contributed by atoms with Gasteiger partial charge in [-0.05, 0) is 30.2 Å². The van der Waals surface area contributed by atoms with Crippen molar-refractivity contribution >= 4 is 11.9 Å². The predicted octanol–water partition coefficient (Wildman–Crippen LogP) is 1.77. The molecule has 0 saturated carbocycles. The van der Waals surface area contributed by atoms with Crippen molar-refractivity contribution in [3.8, 4) is 5.75 Å². The van der Waals surface area contributed by atoms with Gasteiger partial charge in [-0.1, -0.05) is 19.1 Å². The summed E-state index contributed by atoms with van der Waals surface area (Å²) in [5.41, 5.74) is 1.21. The highest BCUT2D eigenvalue weighted by Gasteiger charge is 2.22. The number of nitrogens with zero attached hydrogens (tertiary/aromatic N) is 4. The Bertz CT molecular complexity index is 670. The number of aromatic nitrogens is 2. The van der Waals surface area contributed by atoms with E-state index < -0.39 is 0 Å². The number of carbonyl (C=O) groups is 1. The molecule has 1 aromatic carbocycles. The Morgan fingerprint density at radius 3 is 2.58 bits per heavy atom. The zero-order chi connectivity index (χ0) is 16.8. The molecule has 0 aliphatic carbocycles. The lowest BCUT2D eigenvalue weighted by atomic mass is 10.2. The average molecular weight is 326 g/mol. The highest BCUT2D eigenvalue weighted by Crippen LogP contribution is 2.14. The maximum Gasteiger partial charge on any atom is 0.260 e. The van der Waals surface area contributed by atoms with E-state index in [0.29, 0.717) is 13.1 Å². The van der Waals surface area contributed by atoms with E-state index in [4.69, 9.17) is 4.74 Å². The van der Waals surface area contributed by atoms with Crippen molar-refractivity contribution in [2.45, 2.75) is 13.3 Å². The summed E-state index contributed by atoms with van der Waals surface area (Å²) in [6.07, 6.45) is 4.42. The van der Waals surface area contributed by atoms with Crippen LogP contribution in [0, 0.1) is 0 Å². The number of anilines is 1. The fraction of sp³-hybridized carbons (Fsp3) is 0.389. The van der Waals surface area contributed by atoms with Crippen LogP contribution in [0.1, 0.15) is 12.5 Å². The van der Waals surface area contributed by atoms with E-state index in [-0.39, 0.29) is 12.5 Å². The summed E-state index contributed by atoms with van der Waals surface area (Å²) in [5.74, 6) is 1.49. The molecule has 2 aromatic rings. The van der Waals surface area contributed by atoms with Crippen molar-refractivity contribution in [1.29, 1.82) is 0 Å². The van der Waals surface area contributed by atoms with Gasteiger partial charge in [0, 0.05) is 38.6 Å². The van der Waals surface area contributed by atoms with Gasteiger partial charge in [0.2, 0.25) is 5.95 Å². The molecule has 0 radical (unpaired) electrons. The van der Waals surface area contributed by atoms with Gasteiger partial charge in [-0.2, -0.15) is 0 Å².